The van der Waals surface area contributed by atoms with E-state index in [2.05, 4.69) is 0 Å². The van der Waals surface area contributed by atoms with Crippen molar-refractivity contribution in [3.05, 3.63) is 60.2 Å². The van der Waals surface area contributed by atoms with Gasteiger partial charge in [-0.1, -0.05) is 48.5 Å². The monoisotopic (exact) mass is 242 g/mol. The van der Waals surface area contributed by atoms with Gasteiger partial charge < -0.3 is 9.84 Å². The van der Waals surface area contributed by atoms with Crippen LogP contribution in [0.4, 0.5) is 0 Å². The lowest BCUT2D eigenvalue weighted by atomic mass is 10.00. The second-order valence-electron chi connectivity index (χ2n) is 3.77. The lowest BCUT2D eigenvalue weighted by Crippen LogP contribution is -2.09. The van der Waals surface area contributed by atoms with Crippen molar-refractivity contribution in [2.75, 3.05) is 13.2 Å². The highest BCUT2D eigenvalue weighted by molar-refractivity contribution is 5.97. The summed E-state index contributed by atoms with van der Waals surface area (Å²) < 4.78 is 4.95. The maximum absolute atomic E-state index is 11.9. The minimum Gasteiger partial charge on any atom is -0.460 e. The van der Waals surface area contributed by atoms with Crippen molar-refractivity contribution in [3.63, 3.8) is 0 Å². The van der Waals surface area contributed by atoms with Crippen LogP contribution in [-0.4, -0.2) is 24.3 Å². The summed E-state index contributed by atoms with van der Waals surface area (Å²) in [6, 6.07) is 16.9. The van der Waals surface area contributed by atoms with Gasteiger partial charge in [-0.15, -0.1) is 0 Å². The van der Waals surface area contributed by atoms with Crippen molar-refractivity contribution >= 4 is 5.97 Å². The van der Waals surface area contributed by atoms with Crippen LogP contribution in [0.25, 0.3) is 11.1 Å². The molecule has 3 nitrogen and oxygen atoms in total. The van der Waals surface area contributed by atoms with E-state index < -0.39 is 5.97 Å². The highest BCUT2D eigenvalue weighted by Gasteiger charge is 2.12. The molecule has 2 aromatic carbocycles. The molecule has 0 heterocycles. The topological polar surface area (TPSA) is 46.5 Å². The average molecular weight is 242 g/mol. The van der Waals surface area contributed by atoms with E-state index in [9.17, 15) is 4.79 Å². The number of hydrogen-bond donors (Lipinski definition) is 1. The summed E-state index contributed by atoms with van der Waals surface area (Å²) in [7, 11) is 0. The van der Waals surface area contributed by atoms with Crippen molar-refractivity contribution in [1.82, 2.24) is 0 Å². The summed E-state index contributed by atoms with van der Waals surface area (Å²) in [4.78, 5) is 11.9. The van der Waals surface area contributed by atoms with Crippen LogP contribution in [0.1, 0.15) is 10.4 Å². The molecule has 0 aliphatic rings. The molecular weight excluding hydrogens is 228 g/mol. The molecule has 0 saturated carbocycles. The molecule has 1 N–H and O–H groups in total. The molecule has 92 valence electrons. The van der Waals surface area contributed by atoms with Crippen LogP contribution in [0.3, 0.4) is 0 Å². The third-order valence-electron chi connectivity index (χ3n) is 2.56. The van der Waals surface area contributed by atoms with Crippen molar-refractivity contribution < 1.29 is 14.6 Å². The van der Waals surface area contributed by atoms with Crippen LogP contribution in [0.15, 0.2) is 54.6 Å². The highest BCUT2D eigenvalue weighted by Crippen LogP contribution is 2.23. The quantitative estimate of drug-likeness (QED) is 0.838. The van der Waals surface area contributed by atoms with E-state index in [1.165, 1.54) is 0 Å². The molecule has 0 unspecified atom stereocenters. The standard InChI is InChI=1S/C15H14O3/c16-10-11-18-15(17)14-9-5-4-8-13(14)12-6-2-1-3-7-12/h1-9,16H,10-11H2. The molecule has 2 rings (SSSR count). The fourth-order valence-electron chi connectivity index (χ4n) is 1.75. The summed E-state index contributed by atoms with van der Waals surface area (Å²) in [5.74, 6) is -0.413. The van der Waals surface area contributed by atoms with Gasteiger partial charge in [-0.25, -0.2) is 4.79 Å². The smallest absolute Gasteiger partial charge is 0.338 e. The van der Waals surface area contributed by atoms with E-state index >= 15 is 0 Å². The van der Waals surface area contributed by atoms with Gasteiger partial charge in [0.25, 0.3) is 0 Å². The highest BCUT2D eigenvalue weighted by atomic mass is 16.5. The number of rotatable bonds is 4. The predicted octanol–water partition coefficient (Wildman–Crippen LogP) is 2.50. The zero-order valence-corrected chi connectivity index (χ0v) is 9.87. The van der Waals surface area contributed by atoms with Crippen LogP contribution in [-0.2, 0) is 4.74 Å². The van der Waals surface area contributed by atoms with Gasteiger partial charge in [0.1, 0.15) is 6.61 Å². The lowest BCUT2D eigenvalue weighted by Gasteiger charge is -2.09. The minimum atomic E-state index is -0.413. The maximum Gasteiger partial charge on any atom is 0.338 e. The van der Waals surface area contributed by atoms with Gasteiger partial charge in [-0.05, 0) is 17.2 Å². The Hall–Kier alpha value is -2.13. The first-order valence-corrected chi connectivity index (χ1v) is 5.75. The molecule has 2 aromatic rings. The summed E-state index contributed by atoms with van der Waals surface area (Å²) in [6.45, 7) is -0.152. The molecule has 0 aliphatic heterocycles. The van der Waals surface area contributed by atoms with E-state index in [4.69, 9.17) is 9.84 Å². The Bertz CT molecular complexity index is 520. The van der Waals surface area contributed by atoms with Crippen LogP contribution < -0.4 is 0 Å². The largest absolute Gasteiger partial charge is 0.460 e. The van der Waals surface area contributed by atoms with Gasteiger partial charge in [-0.3, -0.25) is 0 Å². The Morgan fingerprint density at radius 2 is 1.67 bits per heavy atom. The molecule has 18 heavy (non-hydrogen) atoms. The van der Waals surface area contributed by atoms with Gasteiger partial charge in [0.05, 0.1) is 12.2 Å². The SMILES string of the molecule is O=C(OCCO)c1ccccc1-c1ccccc1. The molecule has 0 fully saturated rings. The number of benzene rings is 2. The molecule has 3 heteroatoms. The molecule has 0 saturated heterocycles. The molecule has 0 aromatic heterocycles. The number of esters is 1. The van der Waals surface area contributed by atoms with Crippen molar-refractivity contribution in [2.45, 2.75) is 0 Å². The normalized spacial score (nSPS) is 10.1. The Kier molecular flexibility index (Phi) is 4.10. The molecular formula is C15H14O3. The molecule has 0 aliphatic carbocycles. The van der Waals surface area contributed by atoms with Crippen LogP contribution >= 0.6 is 0 Å². The number of ether oxygens (including phenoxy) is 1. The van der Waals surface area contributed by atoms with E-state index in [1.807, 2.05) is 42.5 Å². The average Bonchev–Trinajstić information content (AvgIpc) is 2.45. The van der Waals surface area contributed by atoms with Crippen LogP contribution in [0.5, 0.6) is 0 Å². The zero-order chi connectivity index (χ0) is 12.8. The van der Waals surface area contributed by atoms with Gasteiger partial charge in [0, 0.05) is 0 Å². The Morgan fingerprint density at radius 3 is 2.39 bits per heavy atom. The Morgan fingerprint density at radius 1 is 1.00 bits per heavy atom. The zero-order valence-electron chi connectivity index (χ0n) is 9.87. The number of hydrogen-bond acceptors (Lipinski definition) is 3. The molecule has 0 bridgehead atoms. The predicted molar refractivity (Wildman–Crippen MR) is 69.2 cm³/mol. The summed E-state index contributed by atoms with van der Waals surface area (Å²) in [5.41, 5.74) is 2.31. The Balaban J connectivity index is 2.34. The number of carbonyl (C=O) groups excluding carboxylic acids is 1. The number of carbonyl (C=O) groups is 1. The van der Waals surface area contributed by atoms with Gasteiger partial charge in [-0.2, -0.15) is 0 Å². The first-order chi connectivity index (χ1) is 8.83. The third-order valence-corrected chi connectivity index (χ3v) is 2.56. The van der Waals surface area contributed by atoms with Crippen molar-refractivity contribution in [1.29, 1.82) is 0 Å². The number of aliphatic hydroxyl groups excluding tert-OH is 1. The molecule has 0 amide bonds. The van der Waals surface area contributed by atoms with Crippen molar-refractivity contribution in [3.8, 4) is 11.1 Å². The lowest BCUT2D eigenvalue weighted by molar-refractivity contribution is 0.0434. The first-order valence-electron chi connectivity index (χ1n) is 5.75. The summed E-state index contributed by atoms with van der Waals surface area (Å²) >= 11 is 0. The maximum atomic E-state index is 11.9. The fraction of sp³-hybridized carbons (Fsp3) is 0.133. The van der Waals surface area contributed by atoms with Gasteiger partial charge in [0.15, 0.2) is 0 Å². The van der Waals surface area contributed by atoms with E-state index in [-0.39, 0.29) is 13.2 Å². The van der Waals surface area contributed by atoms with Crippen LogP contribution in [0.2, 0.25) is 0 Å². The third kappa shape index (κ3) is 2.76. The second kappa shape index (κ2) is 5.98. The second-order valence-corrected chi connectivity index (χ2v) is 3.77. The first kappa shape index (κ1) is 12.3. The minimum absolute atomic E-state index is 0.0158. The molecule has 0 atom stereocenters. The molecule has 0 spiro atoms. The van der Waals surface area contributed by atoms with E-state index in [0.717, 1.165) is 11.1 Å². The van der Waals surface area contributed by atoms with Crippen LogP contribution in [0, 0.1) is 0 Å². The molecule has 0 radical (unpaired) electrons. The summed E-state index contributed by atoms with van der Waals surface area (Å²) in [5, 5.41) is 8.67. The Labute approximate surface area is 106 Å². The van der Waals surface area contributed by atoms with E-state index in [1.54, 1.807) is 12.1 Å². The van der Waals surface area contributed by atoms with E-state index in [0.29, 0.717) is 5.56 Å². The number of aliphatic hydroxyl groups is 1. The van der Waals surface area contributed by atoms with Gasteiger partial charge >= 0.3 is 5.97 Å². The van der Waals surface area contributed by atoms with Gasteiger partial charge in [0.2, 0.25) is 0 Å². The summed E-state index contributed by atoms with van der Waals surface area (Å²) in [6.07, 6.45) is 0. The fourth-order valence-corrected chi connectivity index (χ4v) is 1.75. The van der Waals surface area contributed by atoms with Crippen molar-refractivity contribution in [2.24, 2.45) is 0 Å².